The molecule has 0 spiro atoms. The molecular formula is C18H12BrN3O7S2. The topological polar surface area (TPSA) is 146 Å². The number of rotatable bonds is 7. The molecule has 2 aromatic carbocycles. The lowest BCUT2D eigenvalue weighted by molar-refractivity contribution is -0.384. The summed E-state index contributed by atoms with van der Waals surface area (Å²) in [5, 5.41) is 13.0. The van der Waals surface area contributed by atoms with E-state index in [2.05, 4.69) is 26.2 Å². The van der Waals surface area contributed by atoms with Crippen molar-refractivity contribution in [3.05, 3.63) is 74.9 Å². The Balaban J connectivity index is 1.62. The average molecular weight is 526 g/mol. The Bertz CT molecular complexity index is 1240. The van der Waals surface area contributed by atoms with Gasteiger partial charge in [0.1, 0.15) is 4.21 Å². The molecule has 0 saturated heterocycles. The molecule has 1 aromatic heterocycles. The number of sulfone groups is 1. The van der Waals surface area contributed by atoms with Crippen LogP contribution in [0.25, 0.3) is 0 Å². The fourth-order valence-electron chi connectivity index (χ4n) is 2.26. The van der Waals surface area contributed by atoms with Crippen LogP contribution < -0.4 is 5.32 Å². The SMILES string of the molecule is O=C(COC(=O)c1ccc(Br)cc1)Nc1ncc(S(=O)(=O)c2ccc([N+](=O)[O-])cc2)s1. The van der Waals surface area contributed by atoms with Crippen LogP contribution in [0.3, 0.4) is 0 Å². The lowest BCUT2D eigenvalue weighted by Gasteiger charge is -2.05. The molecule has 31 heavy (non-hydrogen) atoms. The first-order valence-corrected chi connectivity index (χ1v) is 11.4. The van der Waals surface area contributed by atoms with Crippen LogP contribution in [0.1, 0.15) is 10.4 Å². The number of esters is 1. The molecule has 1 N–H and O–H groups in total. The van der Waals surface area contributed by atoms with Crippen molar-refractivity contribution in [3.63, 3.8) is 0 Å². The van der Waals surface area contributed by atoms with Gasteiger partial charge in [-0.15, -0.1) is 0 Å². The number of carbonyl (C=O) groups excluding carboxylic acids is 2. The summed E-state index contributed by atoms with van der Waals surface area (Å²) < 4.78 is 30.8. The number of benzene rings is 2. The molecule has 1 amide bonds. The van der Waals surface area contributed by atoms with Gasteiger partial charge in [0.2, 0.25) is 9.84 Å². The first kappa shape index (κ1) is 22.5. The number of amides is 1. The standard InChI is InChI=1S/C18H12BrN3O7S2/c19-12-3-1-11(2-4-12)17(24)29-10-15(23)21-18-20-9-16(30-18)31(27,28)14-7-5-13(6-8-14)22(25)26/h1-9H,10H2,(H,20,21,23). The molecule has 3 rings (SSSR count). The molecule has 0 bridgehead atoms. The van der Waals surface area contributed by atoms with Crippen LogP contribution in [0.15, 0.2) is 68.3 Å². The zero-order valence-corrected chi connectivity index (χ0v) is 18.6. The number of nitrogens with one attached hydrogen (secondary N) is 1. The molecule has 0 radical (unpaired) electrons. The Hall–Kier alpha value is -3.16. The highest BCUT2D eigenvalue weighted by Crippen LogP contribution is 2.29. The van der Waals surface area contributed by atoms with Crippen LogP contribution in [-0.4, -0.2) is 36.8 Å². The molecule has 10 nitrogen and oxygen atoms in total. The minimum Gasteiger partial charge on any atom is -0.452 e. The predicted molar refractivity (Wildman–Crippen MR) is 114 cm³/mol. The Morgan fingerprint density at radius 1 is 1.13 bits per heavy atom. The Labute approximate surface area is 188 Å². The van der Waals surface area contributed by atoms with E-state index in [4.69, 9.17) is 4.74 Å². The number of ether oxygens (including phenoxy) is 1. The summed E-state index contributed by atoms with van der Waals surface area (Å²) in [7, 11) is -3.97. The number of halogens is 1. The van der Waals surface area contributed by atoms with Crippen molar-refractivity contribution in [1.82, 2.24) is 4.98 Å². The van der Waals surface area contributed by atoms with Gasteiger partial charge in [-0.2, -0.15) is 0 Å². The van der Waals surface area contributed by atoms with Gasteiger partial charge in [-0.25, -0.2) is 18.2 Å². The maximum Gasteiger partial charge on any atom is 0.338 e. The molecule has 3 aromatic rings. The van der Waals surface area contributed by atoms with E-state index >= 15 is 0 Å². The molecule has 1 heterocycles. The number of carbonyl (C=O) groups is 2. The van der Waals surface area contributed by atoms with Crippen molar-refractivity contribution < 1.29 is 27.7 Å². The van der Waals surface area contributed by atoms with Crippen molar-refractivity contribution in [2.24, 2.45) is 0 Å². The molecule has 160 valence electrons. The second-order valence-electron chi connectivity index (χ2n) is 5.87. The molecule has 0 aliphatic heterocycles. The van der Waals surface area contributed by atoms with Crippen LogP contribution >= 0.6 is 27.3 Å². The van der Waals surface area contributed by atoms with Crippen molar-refractivity contribution in [2.45, 2.75) is 9.10 Å². The van der Waals surface area contributed by atoms with E-state index in [1.807, 2.05) is 0 Å². The van der Waals surface area contributed by atoms with Crippen molar-refractivity contribution in [3.8, 4) is 0 Å². The van der Waals surface area contributed by atoms with E-state index in [-0.39, 0.29) is 25.5 Å². The van der Waals surface area contributed by atoms with Crippen molar-refractivity contribution in [2.75, 3.05) is 11.9 Å². The maximum absolute atomic E-state index is 12.6. The average Bonchev–Trinajstić information content (AvgIpc) is 3.22. The monoisotopic (exact) mass is 525 g/mol. The number of aromatic nitrogens is 1. The summed E-state index contributed by atoms with van der Waals surface area (Å²) >= 11 is 3.94. The van der Waals surface area contributed by atoms with Crippen LogP contribution in [0.5, 0.6) is 0 Å². The van der Waals surface area contributed by atoms with Gasteiger partial charge in [-0.1, -0.05) is 27.3 Å². The number of nitro groups is 1. The first-order valence-electron chi connectivity index (χ1n) is 8.35. The van der Waals surface area contributed by atoms with Crippen LogP contribution in [0.4, 0.5) is 10.8 Å². The molecular weight excluding hydrogens is 514 g/mol. The van der Waals surface area contributed by atoms with Gasteiger partial charge in [0.05, 0.1) is 21.6 Å². The van der Waals surface area contributed by atoms with Gasteiger partial charge < -0.3 is 4.74 Å². The number of hydrogen-bond acceptors (Lipinski definition) is 9. The minimum absolute atomic E-state index is 0.00910. The highest BCUT2D eigenvalue weighted by Gasteiger charge is 2.22. The van der Waals surface area contributed by atoms with Gasteiger partial charge >= 0.3 is 5.97 Å². The lowest BCUT2D eigenvalue weighted by atomic mass is 10.2. The molecule has 0 atom stereocenters. The van der Waals surface area contributed by atoms with E-state index in [1.54, 1.807) is 12.1 Å². The zero-order chi connectivity index (χ0) is 22.6. The number of non-ortho nitro benzene ring substituents is 1. The summed E-state index contributed by atoms with van der Waals surface area (Å²) in [6.45, 7) is -0.584. The summed E-state index contributed by atoms with van der Waals surface area (Å²) in [5.41, 5.74) is 0.0237. The number of anilines is 1. The van der Waals surface area contributed by atoms with Gasteiger partial charge in [-0.3, -0.25) is 20.2 Å². The first-order chi connectivity index (χ1) is 14.7. The van der Waals surface area contributed by atoms with Crippen molar-refractivity contribution >= 4 is 59.8 Å². The van der Waals surface area contributed by atoms with Gasteiger partial charge in [0.25, 0.3) is 11.6 Å². The third-order valence-corrected chi connectivity index (χ3v) is 7.44. The molecule has 0 aliphatic rings. The molecule has 13 heteroatoms. The fourth-order valence-corrected chi connectivity index (χ4v) is 4.97. The van der Waals surface area contributed by atoms with Crippen LogP contribution in [0.2, 0.25) is 0 Å². The van der Waals surface area contributed by atoms with Crippen LogP contribution in [-0.2, 0) is 19.4 Å². The summed E-state index contributed by atoms with van der Waals surface area (Å²) in [6.07, 6.45) is 1.06. The quantitative estimate of drug-likeness (QED) is 0.280. The Morgan fingerprint density at radius 3 is 2.39 bits per heavy atom. The predicted octanol–water partition coefficient (Wildman–Crippen LogP) is 3.44. The van der Waals surface area contributed by atoms with E-state index in [0.29, 0.717) is 11.3 Å². The zero-order valence-electron chi connectivity index (χ0n) is 15.3. The second kappa shape index (κ2) is 9.32. The number of thiazole rings is 1. The number of nitrogens with zero attached hydrogens (tertiary/aromatic N) is 2. The maximum atomic E-state index is 12.6. The Kier molecular flexibility index (Phi) is 6.77. The summed E-state index contributed by atoms with van der Waals surface area (Å²) in [4.78, 5) is 37.7. The van der Waals surface area contributed by atoms with Crippen molar-refractivity contribution in [1.29, 1.82) is 0 Å². The normalized spacial score (nSPS) is 11.0. The van der Waals surface area contributed by atoms with E-state index in [1.165, 1.54) is 12.1 Å². The fraction of sp³-hybridized carbons (Fsp3) is 0.0556. The summed E-state index contributed by atoms with van der Waals surface area (Å²) in [6, 6.07) is 10.8. The van der Waals surface area contributed by atoms with Gasteiger partial charge in [0, 0.05) is 16.6 Å². The third kappa shape index (κ3) is 5.51. The van der Waals surface area contributed by atoms with Gasteiger partial charge in [-0.05, 0) is 36.4 Å². The highest BCUT2D eigenvalue weighted by atomic mass is 79.9. The van der Waals surface area contributed by atoms with E-state index < -0.39 is 33.2 Å². The van der Waals surface area contributed by atoms with Gasteiger partial charge in [0.15, 0.2) is 11.7 Å². The summed E-state index contributed by atoms with van der Waals surface area (Å²) in [5.74, 6) is -1.39. The van der Waals surface area contributed by atoms with E-state index in [9.17, 15) is 28.1 Å². The highest BCUT2D eigenvalue weighted by molar-refractivity contribution is 9.10. The second-order valence-corrected chi connectivity index (χ2v) is 9.99. The third-order valence-electron chi connectivity index (χ3n) is 3.77. The Morgan fingerprint density at radius 2 is 1.77 bits per heavy atom. The minimum atomic E-state index is -3.97. The lowest BCUT2D eigenvalue weighted by Crippen LogP contribution is -2.20. The van der Waals surface area contributed by atoms with E-state index in [0.717, 1.165) is 34.9 Å². The molecule has 0 fully saturated rings. The molecule has 0 aliphatic carbocycles. The van der Waals surface area contributed by atoms with Crippen LogP contribution in [0, 0.1) is 10.1 Å². The smallest absolute Gasteiger partial charge is 0.338 e. The largest absolute Gasteiger partial charge is 0.452 e. The molecule has 0 unspecified atom stereocenters. The molecule has 0 saturated carbocycles. The number of nitro benzene ring substituents is 1. The number of hydrogen-bond donors (Lipinski definition) is 1.